The van der Waals surface area contributed by atoms with Crippen LogP contribution in [0, 0.1) is 28.4 Å². The molecule has 20 heavy (non-hydrogen) atoms. The first-order valence-corrected chi connectivity index (χ1v) is 5.71. The van der Waals surface area contributed by atoms with Crippen molar-refractivity contribution in [2.45, 2.75) is 6.42 Å². The van der Waals surface area contributed by atoms with Gasteiger partial charge in [0, 0.05) is 31.0 Å². The zero-order valence-corrected chi connectivity index (χ0v) is 10.3. The number of anilines is 1. The predicted molar refractivity (Wildman–Crippen MR) is 69.3 cm³/mol. The number of non-ortho nitro benzene ring substituents is 1. The summed E-state index contributed by atoms with van der Waals surface area (Å²) in [7, 11) is 0. The van der Waals surface area contributed by atoms with Crippen LogP contribution in [0.1, 0.15) is 16.8 Å². The standard InChI is InChI=1S/C13H10N2O5/c1-2-8-3-12(16)14(7-8)10-4-9(13(17)18)5-11(6-10)15(19)20/h1,4-6,8H,3,7H2,(H,17,18). The highest BCUT2D eigenvalue weighted by Crippen LogP contribution is 2.29. The fourth-order valence-electron chi connectivity index (χ4n) is 2.05. The SMILES string of the molecule is C#CC1CC(=O)N(c2cc(C(=O)O)cc([N+](=O)[O-])c2)C1. The average Bonchev–Trinajstić information content (AvgIpc) is 2.79. The molecule has 1 saturated heterocycles. The normalized spacial score (nSPS) is 17.9. The molecular weight excluding hydrogens is 264 g/mol. The minimum Gasteiger partial charge on any atom is -0.478 e. The van der Waals surface area contributed by atoms with Gasteiger partial charge in [-0.25, -0.2) is 4.79 Å². The van der Waals surface area contributed by atoms with Crippen LogP contribution in [0.2, 0.25) is 0 Å². The Kier molecular flexibility index (Phi) is 3.39. The highest BCUT2D eigenvalue weighted by atomic mass is 16.6. The Hall–Kier alpha value is -2.88. The molecule has 1 N–H and O–H groups in total. The molecule has 102 valence electrons. The maximum atomic E-state index is 11.8. The van der Waals surface area contributed by atoms with E-state index in [9.17, 15) is 19.7 Å². The molecule has 0 saturated carbocycles. The van der Waals surface area contributed by atoms with Crippen LogP contribution in [-0.2, 0) is 4.79 Å². The molecule has 1 fully saturated rings. The molecule has 1 aliphatic heterocycles. The lowest BCUT2D eigenvalue weighted by Gasteiger charge is -2.16. The monoisotopic (exact) mass is 274 g/mol. The van der Waals surface area contributed by atoms with Gasteiger partial charge in [0.25, 0.3) is 5.69 Å². The Balaban J connectivity index is 2.46. The van der Waals surface area contributed by atoms with E-state index in [4.69, 9.17) is 11.5 Å². The fraction of sp³-hybridized carbons (Fsp3) is 0.231. The summed E-state index contributed by atoms with van der Waals surface area (Å²) in [5.41, 5.74) is -0.442. The highest BCUT2D eigenvalue weighted by molar-refractivity contribution is 5.98. The zero-order chi connectivity index (χ0) is 14.9. The number of nitrogens with zero attached hydrogens (tertiary/aromatic N) is 2. The summed E-state index contributed by atoms with van der Waals surface area (Å²) >= 11 is 0. The third-order valence-electron chi connectivity index (χ3n) is 3.03. The number of carbonyl (C=O) groups excluding carboxylic acids is 1. The van der Waals surface area contributed by atoms with Gasteiger partial charge < -0.3 is 10.0 Å². The summed E-state index contributed by atoms with van der Waals surface area (Å²) in [6.45, 7) is 0.232. The van der Waals surface area contributed by atoms with E-state index in [-0.39, 0.29) is 41.7 Å². The van der Waals surface area contributed by atoms with Crippen molar-refractivity contribution < 1.29 is 19.6 Å². The van der Waals surface area contributed by atoms with Crippen LogP contribution < -0.4 is 4.90 Å². The van der Waals surface area contributed by atoms with Crippen molar-refractivity contribution in [3.8, 4) is 12.3 Å². The van der Waals surface area contributed by atoms with Crippen LogP contribution in [0.25, 0.3) is 0 Å². The van der Waals surface area contributed by atoms with Gasteiger partial charge in [-0.15, -0.1) is 12.3 Å². The molecule has 7 heteroatoms. The Morgan fingerprint density at radius 1 is 1.50 bits per heavy atom. The summed E-state index contributed by atoms with van der Waals surface area (Å²) < 4.78 is 0. The number of carbonyl (C=O) groups is 2. The van der Waals surface area contributed by atoms with Gasteiger partial charge in [0.15, 0.2) is 0 Å². The zero-order valence-electron chi connectivity index (χ0n) is 10.3. The molecule has 1 heterocycles. The quantitative estimate of drug-likeness (QED) is 0.508. The molecular formula is C13H10N2O5. The minimum absolute atomic E-state index is 0.154. The Bertz CT molecular complexity index is 614. The molecule has 1 aromatic carbocycles. The molecule has 7 nitrogen and oxygen atoms in total. The maximum Gasteiger partial charge on any atom is 0.336 e. The van der Waals surface area contributed by atoms with Crippen LogP contribution in [0.5, 0.6) is 0 Å². The summed E-state index contributed by atoms with van der Waals surface area (Å²) in [6.07, 6.45) is 5.42. The van der Waals surface area contributed by atoms with E-state index >= 15 is 0 Å². The number of aromatic carboxylic acids is 1. The van der Waals surface area contributed by atoms with Crippen molar-refractivity contribution in [1.82, 2.24) is 0 Å². The number of carboxylic acids is 1. The van der Waals surface area contributed by atoms with Gasteiger partial charge in [0.1, 0.15) is 0 Å². The minimum atomic E-state index is -1.30. The second-order valence-electron chi connectivity index (χ2n) is 4.37. The Morgan fingerprint density at radius 3 is 2.70 bits per heavy atom. The molecule has 1 amide bonds. The van der Waals surface area contributed by atoms with E-state index in [2.05, 4.69) is 5.92 Å². The fourth-order valence-corrected chi connectivity index (χ4v) is 2.05. The van der Waals surface area contributed by atoms with E-state index in [1.807, 2.05) is 0 Å². The van der Waals surface area contributed by atoms with Crippen LogP contribution in [-0.4, -0.2) is 28.5 Å². The van der Waals surface area contributed by atoms with Gasteiger partial charge in [0.2, 0.25) is 5.91 Å². The average molecular weight is 274 g/mol. The summed E-state index contributed by atoms with van der Waals surface area (Å²) in [5, 5.41) is 19.8. The molecule has 2 rings (SSSR count). The second-order valence-corrected chi connectivity index (χ2v) is 4.37. The third-order valence-corrected chi connectivity index (χ3v) is 3.03. The maximum absolute atomic E-state index is 11.8. The van der Waals surface area contributed by atoms with Crippen LogP contribution in [0.3, 0.4) is 0 Å². The van der Waals surface area contributed by atoms with E-state index in [0.29, 0.717) is 0 Å². The highest BCUT2D eigenvalue weighted by Gasteiger charge is 2.30. The van der Waals surface area contributed by atoms with Crippen molar-refractivity contribution in [2.75, 3.05) is 11.4 Å². The Labute approximate surface area is 114 Å². The number of terminal acetylenes is 1. The van der Waals surface area contributed by atoms with Gasteiger partial charge in [-0.05, 0) is 6.07 Å². The summed E-state index contributed by atoms with van der Waals surface area (Å²) in [4.78, 5) is 34.2. The van der Waals surface area contributed by atoms with Crippen molar-refractivity contribution in [3.63, 3.8) is 0 Å². The summed E-state index contributed by atoms with van der Waals surface area (Å²) in [6, 6.07) is 3.35. The first kappa shape index (κ1) is 13.5. The van der Waals surface area contributed by atoms with E-state index in [1.165, 1.54) is 17.0 Å². The molecule has 0 bridgehead atoms. The molecule has 0 aromatic heterocycles. The van der Waals surface area contributed by atoms with Gasteiger partial charge >= 0.3 is 5.97 Å². The van der Waals surface area contributed by atoms with Crippen LogP contribution in [0.15, 0.2) is 18.2 Å². The molecule has 1 aliphatic rings. The first-order valence-electron chi connectivity index (χ1n) is 5.71. The number of hydrogen-bond acceptors (Lipinski definition) is 4. The van der Waals surface area contributed by atoms with Crippen molar-refractivity contribution in [1.29, 1.82) is 0 Å². The van der Waals surface area contributed by atoms with Crippen molar-refractivity contribution in [3.05, 3.63) is 33.9 Å². The van der Waals surface area contributed by atoms with Crippen LogP contribution >= 0.6 is 0 Å². The largest absolute Gasteiger partial charge is 0.478 e. The Morgan fingerprint density at radius 2 is 2.20 bits per heavy atom. The number of rotatable bonds is 3. The molecule has 0 radical (unpaired) electrons. The smallest absolute Gasteiger partial charge is 0.336 e. The number of amides is 1. The number of hydrogen-bond donors (Lipinski definition) is 1. The van der Waals surface area contributed by atoms with Gasteiger partial charge in [-0.3, -0.25) is 14.9 Å². The van der Waals surface area contributed by atoms with Gasteiger partial charge in [-0.2, -0.15) is 0 Å². The molecule has 0 spiro atoms. The van der Waals surface area contributed by atoms with Crippen molar-refractivity contribution >= 4 is 23.3 Å². The van der Waals surface area contributed by atoms with Gasteiger partial charge in [0.05, 0.1) is 16.2 Å². The molecule has 1 unspecified atom stereocenters. The lowest BCUT2D eigenvalue weighted by molar-refractivity contribution is -0.384. The topological polar surface area (TPSA) is 101 Å². The summed E-state index contributed by atoms with van der Waals surface area (Å²) in [5.74, 6) is 0.618. The van der Waals surface area contributed by atoms with Gasteiger partial charge in [-0.1, -0.05) is 0 Å². The number of nitro benzene ring substituents is 1. The van der Waals surface area contributed by atoms with E-state index < -0.39 is 10.9 Å². The van der Waals surface area contributed by atoms with E-state index in [0.717, 1.165) is 6.07 Å². The molecule has 1 atom stereocenters. The predicted octanol–water partition coefficient (Wildman–Crippen LogP) is 1.28. The number of benzene rings is 1. The first-order chi connectivity index (χ1) is 9.42. The van der Waals surface area contributed by atoms with Crippen molar-refractivity contribution in [2.24, 2.45) is 5.92 Å². The van der Waals surface area contributed by atoms with E-state index in [1.54, 1.807) is 0 Å². The second kappa shape index (κ2) is 5.01. The van der Waals surface area contributed by atoms with Crippen LogP contribution in [0.4, 0.5) is 11.4 Å². The lowest BCUT2D eigenvalue weighted by Crippen LogP contribution is -2.24. The molecule has 1 aromatic rings. The lowest BCUT2D eigenvalue weighted by atomic mass is 10.1. The number of nitro groups is 1. The third kappa shape index (κ3) is 2.44. The molecule has 0 aliphatic carbocycles. The number of carboxylic acid groups (broad SMARTS) is 1.